The van der Waals surface area contributed by atoms with Crippen molar-refractivity contribution in [2.75, 3.05) is 5.32 Å². The van der Waals surface area contributed by atoms with Gasteiger partial charge in [0.05, 0.1) is 10.0 Å². The molecule has 0 atom stereocenters. The minimum Gasteiger partial charge on any atom is -0.366 e. The van der Waals surface area contributed by atoms with Crippen molar-refractivity contribution in [2.24, 2.45) is 5.73 Å². The lowest BCUT2D eigenvalue weighted by Crippen LogP contribution is -2.02. The van der Waals surface area contributed by atoms with Crippen LogP contribution in [0.25, 0.3) is 21.8 Å². The largest absolute Gasteiger partial charge is 0.366 e. The van der Waals surface area contributed by atoms with E-state index in [1.807, 2.05) is 48.5 Å². The Morgan fingerprint density at radius 1 is 0.622 bits per heavy atom. The first-order valence-electron chi connectivity index (χ1n) is 13.6. The molecule has 0 aliphatic rings. The molecule has 6 aromatic rings. The molecule has 2 heterocycles. The number of hydrogen-bond donors (Lipinski definition) is 2. The second kappa shape index (κ2) is 15.9. The van der Waals surface area contributed by atoms with Gasteiger partial charge < -0.3 is 11.1 Å². The van der Waals surface area contributed by atoms with Gasteiger partial charge in [0.2, 0.25) is 0 Å². The molecule has 4 aromatic carbocycles. The highest BCUT2D eigenvalue weighted by Crippen LogP contribution is 2.29. The third-order valence-electron chi connectivity index (χ3n) is 6.63. The van der Waals surface area contributed by atoms with Crippen LogP contribution in [0.15, 0.2) is 84.9 Å². The van der Waals surface area contributed by atoms with E-state index < -0.39 is 0 Å². The van der Waals surface area contributed by atoms with E-state index in [1.165, 1.54) is 6.07 Å². The van der Waals surface area contributed by atoms with Crippen LogP contribution in [0.4, 0.5) is 14.6 Å². The first-order chi connectivity index (χ1) is 21.5. The summed E-state index contributed by atoms with van der Waals surface area (Å²) in [7, 11) is 0. The van der Waals surface area contributed by atoms with Crippen molar-refractivity contribution in [2.45, 2.75) is 26.9 Å². The number of rotatable bonds is 4. The molecule has 0 saturated heterocycles. The van der Waals surface area contributed by atoms with Crippen LogP contribution >= 0.6 is 58.0 Å². The van der Waals surface area contributed by atoms with Gasteiger partial charge in [0, 0.05) is 33.9 Å². The zero-order valence-corrected chi connectivity index (χ0v) is 27.9. The summed E-state index contributed by atoms with van der Waals surface area (Å²) in [6.07, 6.45) is 0. The number of nitrogens with two attached hydrogens (primary N) is 1. The molecular formula is C34H27Cl5F2N4. The van der Waals surface area contributed by atoms with E-state index in [4.69, 9.17) is 63.7 Å². The second-order valence-electron chi connectivity index (χ2n) is 9.91. The Morgan fingerprint density at radius 2 is 1.09 bits per heavy atom. The Balaban J connectivity index is 0.000000171. The van der Waals surface area contributed by atoms with Crippen molar-refractivity contribution in [3.63, 3.8) is 0 Å². The topological polar surface area (TPSA) is 63.8 Å². The van der Waals surface area contributed by atoms with Crippen LogP contribution in [0, 0.1) is 25.5 Å². The van der Waals surface area contributed by atoms with Crippen LogP contribution in [0.3, 0.4) is 0 Å². The number of hydrogen-bond acceptors (Lipinski definition) is 4. The fourth-order valence-electron chi connectivity index (χ4n) is 4.11. The molecule has 45 heavy (non-hydrogen) atoms. The molecular weight excluding hydrogens is 680 g/mol. The Hall–Kier alpha value is -3.23. The van der Waals surface area contributed by atoms with E-state index in [0.717, 1.165) is 16.1 Å². The molecule has 0 radical (unpaired) electrons. The number of halogens is 7. The highest BCUT2D eigenvalue weighted by Gasteiger charge is 2.11. The first kappa shape index (κ1) is 34.6. The summed E-state index contributed by atoms with van der Waals surface area (Å²) in [5, 5.41) is 6.89. The van der Waals surface area contributed by atoms with Gasteiger partial charge in [-0.2, -0.15) is 0 Å². The smallest absolute Gasteiger partial charge is 0.152 e. The lowest BCUT2D eigenvalue weighted by Gasteiger charge is -2.10. The van der Waals surface area contributed by atoms with Crippen LogP contribution in [0.2, 0.25) is 25.2 Å². The van der Waals surface area contributed by atoms with E-state index in [0.29, 0.717) is 55.9 Å². The summed E-state index contributed by atoms with van der Waals surface area (Å²) in [4.78, 5) is 8.24. The van der Waals surface area contributed by atoms with Gasteiger partial charge in [-0.15, -0.1) is 0 Å². The van der Waals surface area contributed by atoms with Gasteiger partial charge in [0.15, 0.2) is 11.6 Å². The van der Waals surface area contributed by atoms with Crippen molar-refractivity contribution in [3.05, 3.63) is 144 Å². The highest BCUT2D eigenvalue weighted by molar-refractivity contribution is 6.38. The normalized spacial score (nSPS) is 10.6. The maximum Gasteiger partial charge on any atom is 0.152 e. The maximum absolute atomic E-state index is 14.2. The monoisotopic (exact) mass is 704 g/mol. The summed E-state index contributed by atoms with van der Waals surface area (Å²) >= 11 is 29.3. The number of aromatic nitrogens is 2. The number of aryl methyl sites for hydroxylation is 2. The van der Waals surface area contributed by atoms with Gasteiger partial charge in [-0.05, 0) is 72.5 Å². The minimum absolute atomic E-state index is 0.201. The average molecular weight is 707 g/mol. The molecule has 0 amide bonds. The molecule has 0 saturated carbocycles. The predicted octanol–water partition coefficient (Wildman–Crippen LogP) is 11.4. The quantitative estimate of drug-likeness (QED) is 0.179. The molecule has 0 spiro atoms. The average Bonchev–Trinajstić information content (AvgIpc) is 3.02. The van der Waals surface area contributed by atoms with E-state index in [1.54, 1.807) is 44.2 Å². The third kappa shape index (κ3) is 9.17. The van der Waals surface area contributed by atoms with Crippen LogP contribution in [-0.4, -0.2) is 9.97 Å². The fraction of sp³-hybridized carbons (Fsp3) is 0.118. The molecule has 0 fully saturated rings. The standard InChI is InChI=1S/C17H13Cl2FN2.C10H6Cl2FN.C7H8ClN/c1-10-2-7-13-14(19)8-15(22-17(13)16(10)20)21-9-11-3-5-12(18)6-4-11;1-5-2-3-6-7(11)4-8(12)14-10(6)9(5)13;8-7-3-1-6(5-9)2-4-7/h2-8H,9H2,1H3,(H,21,22);2-4H,1H3;1-4H,5,9H2. The molecule has 2 aromatic heterocycles. The lowest BCUT2D eigenvalue weighted by atomic mass is 10.1. The predicted molar refractivity (Wildman–Crippen MR) is 186 cm³/mol. The number of nitrogens with one attached hydrogen (secondary N) is 1. The van der Waals surface area contributed by atoms with Gasteiger partial charge >= 0.3 is 0 Å². The van der Waals surface area contributed by atoms with Gasteiger partial charge in [0.1, 0.15) is 22.0 Å². The molecule has 0 aliphatic heterocycles. The van der Waals surface area contributed by atoms with Crippen molar-refractivity contribution >= 4 is 85.6 Å². The van der Waals surface area contributed by atoms with Crippen LogP contribution in [-0.2, 0) is 13.1 Å². The van der Waals surface area contributed by atoms with Gasteiger partial charge in [0.25, 0.3) is 0 Å². The molecule has 6 rings (SSSR count). The van der Waals surface area contributed by atoms with Gasteiger partial charge in [-0.3, -0.25) is 0 Å². The molecule has 232 valence electrons. The Morgan fingerprint density at radius 3 is 1.60 bits per heavy atom. The number of pyridine rings is 2. The summed E-state index contributed by atoms with van der Waals surface area (Å²) in [6, 6.07) is 25.1. The fourth-order valence-corrected chi connectivity index (χ4v) is 5.13. The lowest BCUT2D eigenvalue weighted by molar-refractivity contribution is 0.627. The van der Waals surface area contributed by atoms with Gasteiger partial charge in [-0.25, -0.2) is 18.7 Å². The summed E-state index contributed by atoms with van der Waals surface area (Å²) in [5.74, 6) is -0.168. The Kier molecular flexibility index (Phi) is 12.2. The number of benzene rings is 4. The molecule has 4 nitrogen and oxygen atoms in total. The van der Waals surface area contributed by atoms with Crippen molar-refractivity contribution in [3.8, 4) is 0 Å². The number of anilines is 1. The maximum atomic E-state index is 14.2. The highest BCUT2D eigenvalue weighted by atomic mass is 35.5. The van der Waals surface area contributed by atoms with E-state index >= 15 is 0 Å². The zero-order chi connectivity index (χ0) is 32.7. The molecule has 0 bridgehead atoms. The Labute approximate surface area is 285 Å². The number of nitrogens with zero attached hydrogens (tertiary/aromatic N) is 2. The molecule has 11 heteroatoms. The summed E-state index contributed by atoms with van der Waals surface area (Å²) in [5.41, 5.74) is 9.10. The van der Waals surface area contributed by atoms with Crippen LogP contribution in [0.5, 0.6) is 0 Å². The van der Waals surface area contributed by atoms with Crippen LogP contribution in [0.1, 0.15) is 22.3 Å². The Bertz CT molecular complexity index is 1940. The second-order valence-corrected chi connectivity index (χ2v) is 12.0. The SMILES string of the molecule is Cc1ccc2c(Cl)cc(Cl)nc2c1F.Cc1ccc2c(Cl)cc(NCc3ccc(Cl)cc3)nc2c1F.NCc1ccc(Cl)cc1. The van der Waals surface area contributed by atoms with E-state index in [2.05, 4.69) is 15.3 Å². The first-order valence-corrected chi connectivity index (χ1v) is 15.4. The summed E-state index contributed by atoms with van der Waals surface area (Å²) < 4.78 is 27.8. The summed E-state index contributed by atoms with van der Waals surface area (Å²) in [6.45, 7) is 4.51. The van der Waals surface area contributed by atoms with E-state index in [-0.39, 0.29) is 27.8 Å². The van der Waals surface area contributed by atoms with E-state index in [9.17, 15) is 8.78 Å². The molecule has 3 N–H and O–H groups in total. The van der Waals surface area contributed by atoms with Crippen molar-refractivity contribution in [1.29, 1.82) is 0 Å². The van der Waals surface area contributed by atoms with Crippen LogP contribution < -0.4 is 11.1 Å². The molecule has 0 aliphatic carbocycles. The van der Waals surface area contributed by atoms with Gasteiger partial charge in [-0.1, -0.05) is 107 Å². The van der Waals surface area contributed by atoms with Crippen molar-refractivity contribution in [1.82, 2.24) is 9.97 Å². The zero-order valence-electron chi connectivity index (χ0n) is 24.1. The minimum atomic E-state index is -0.369. The third-order valence-corrected chi connectivity index (χ3v) is 7.95. The number of fused-ring (bicyclic) bond motifs is 2. The van der Waals surface area contributed by atoms with Crippen molar-refractivity contribution < 1.29 is 8.78 Å². The molecule has 0 unspecified atom stereocenters.